The summed E-state index contributed by atoms with van der Waals surface area (Å²) in [5, 5.41) is 13.9. The van der Waals surface area contributed by atoms with Crippen LogP contribution in [-0.2, 0) is 0 Å². The van der Waals surface area contributed by atoms with Gasteiger partial charge in [0.15, 0.2) is 0 Å². The van der Waals surface area contributed by atoms with Crippen molar-refractivity contribution < 1.29 is 9.66 Å². The highest BCUT2D eigenvalue weighted by Crippen LogP contribution is 2.24. The van der Waals surface area contributed by atoms with Crippen LogP contribution in [0, 0.1) is 10.1 Å². The lowest BCUT2D eigenvalue weighted by Gasteiger charge is -2.10. The number of nitro groups is 1. The first-order valence-electron chi connectivity index (χ1n) is 6.12. The molecule has 0 radical (unpaired) electrons. The molecule has 7 nitrogen and oxygen atoms in total. The van der Waals surface area contributed by atoms with Gasteiger partial charge in [-0.05, 0) is 33.5 Å². The van der Waals surface area contributed by atoms with Crippen molar-refractivity contribution in [3.63, 3.8) is 0 Å². The minimum Gasteiger partial charge on any atom is -0.481 e. The van der Waals surface area contributed by atoms with Gasteiger partial charge in [0.25, 0.3) is 0 Å². The summed E-state index contributed by atoms with van der Waals surface area (Å²) in [6.07, 6.45) is 1.95. The van der Waals surface area contributed by atoms with E-state index in [9.17, 15) is 10.1 Å². The number of unbranched alkanes of at least 4 members (excludes halogenated alkanes) is 1. The number of anilines is 1. The van der Waals surface area contributed by atoms with Crippen LogP contribution in [0.25, 0.3) is 0 Å². The second-order valence-corrected chi connectivity index (χ2v) is 4.42. The van der Waals surface area contributed by atoms with Crippen LogP contribution < -0.4 is 10.1 Å². The van der Waals surface area contributed by atoms with Crippen molar-refractivity contribution in [2.24, 2.45) is 0 Å². The number of hydrogen-bond donors (Lipinski definition) is 1. The molecule has 0 bridgehead atoms. The maximum Gasteiger partial charge on any atom is 0.311 e. The van der Waals surface area contributed by atoms with Crippen molar-refractivity contribution in [1.82, 2.24) is 9.88 Å². The molecule has 1 rings (SSSR count). The van der Waals surface area contributed by atoms with Crippen LogP contribution in [0.5, 0.6) is 5.88 Å². The van der Waals surface area contributed by atoms with Gasteiger partial charge in [0.1, 0.15) is 0 Å². The number of methoxy groups -OCH3 is 1. The molecule has 1 aromatic heterocycles. The molecule has 1 N–H and O–H groups in total. The second kappa shape index (κ2) is 7.52. The van der Waals surface area contributed by atoms with Crippen molar-refractivity contribution in [1.29, 1.82) is 0 Å². The first-order chi connectivity index (χ1) is 9.04. The molecule has 7 heteroatoms. The number of rotatable bonds is 8. The molecular formula is C12H20N4O3. The standard InChI is InChI=1S/C12H20N4O3/c1-15(2)9-5-4-8-13-12-10(16(17)18)6-7-11(14-12)19-3/h6-7H,4-5,8-9H2,1-3H3,(H,13,14). The normalized spacial score (nSPS) is 10.5. The lowest BCUT2D eigenvalue weighted by atomic mass is 10.3. The summed E-state index contributed by atoms with van der Waals surface area (Å²) in [6.45, 7) is 1.64. The van der Waals surface area contributed by atoms with Gasteiger partial charge in [0.05, 0.1) is 12.0 Å². The third-order valence-corrected chi connectivity index (χ3v) is 2.58. The van der Waals surface area contributed by atoms with E-state index in [4.69, 9.17) is 4.74 Å². The summed E-state index contributed by atoms with van der Waals surface area (Å²) in [7, 11) is 5.51. The Morgan fingerprint density at radius 1 is 1.42 bits per heavy atom. The summed E-state index contributed by atoms with van der Waals surface area (Å²) in [5.74, 6) is 0.621. The Bertz CT molecular complexity index is 423. The molecule has 0 aliphatic heterocycles. The average Bonchev–Trinajstić information content (AvgIpc) is 2.37. The number of nitrogens with one attached hydrogen (secondary N) is 1. The molecule has 0 saturated carbocycles. The fourth-order valence-corrected chi connectivity index (χ4v) is 1.58. The molecule has 106 valence electrons. The fourth-order valence-electron chi connectivity index (χ4n) is 1.58. The van der Waals surface area contributed by atoms with Crippen LogP contribution in [0.1, 0.15) is 12.8 Å². The largest absolute Gasteiger partial charge is 0.481 e. The van der Waals surface area contributed by atoms with Crippen molar-refractivity contribution in [3.8, 4) is 5.88 Å². The molecule has 0 aliphatic rings. The van der Waals surface area contributed by atoms with Gasteiger partial charge < -0.3 is 15.0 Å². The Balaban J connectivity index is 2.57. The fraction of sp³-hybridized carbons (Fsp3) is 0.583. The predicted molar refractivity (Wildman–Crippen MR) is 73.7 cm³/mol. The summed E-state index contributed by atoms with van der Waals surface area (Å²) in [6, 6.07) is 2.88. The zero-order chi connectivity index (χ0) is 14.3. The zero-order valence-corrected chi connectivity index (χ0v) is 11.5. The highest BCUT2D eigenvalue weighted by Gasteiger charge is 2.15. The maximum absolute atomic E-state index is 10.9. The minimum atomic E-state index is -0.450. The molecule has 1 heterocycles. The van der Waals surface area contributed by atoms with Crippen molar-refractivity contribution >= 4 is 11.5 Å². The molecule has 0 fully saturated rings. The average molecular weight is 268 g/mol. The monoisotopic (exact) mass is 268 g/mol. The number of ether oxygens (including phenoxy) is 1. The van der Waals surface area contributed by atoms with Gasteiger partial charge in [-0.3, -0.25) is 10.1 Å². The minimum absolute atomic E-state index is 0.0339. The van der Waals surface area contributed by atoms with E-state index in [0.29, 0.717) is 12.4 Å². The van der Waals surface area contributed by atoms with Crippen LogP contribution in [0.3, 0.4) is 0 Å². The Morgan fingerprint density at radius 3 is 2.74 bits per heavy atom. The van der Waals surface area contributed by atoms with E-state index in [2.05, 4.69) is 15.2 Å². The number of pyridine rings is 1. The third kappa shape index (κ3) is 5.09. The van der Waals surface area contributed by atoms with Crippen LogP contribution in [0.15, 0.2) is 12.1 Å². The van der Waals surface area contributed by atoms with Crippen LogP contribution in [0.4, 0.5) is 11.5 Å². The van der Waals surface area contributed by atoms with Gasteiger partial charge in [-0.25, -0.2) is 0 Å². The van der Waals surface area contributed by atoms with Gasteiger partial charge >= 0.3 is 5.69 Å². The first kappa shape index (κ1) is 15.2. The predicted octanol–water partition coefficient (Wildman–Crippen LogP) is 1.75. The molecule has 0 aromatic carbocycles. The van der Waals surface area contributed by atoms with E-state index < -0.39 is 4.92 Å². The van der Waals surface area contributed by atoms with Crippen LogP contribution >= 0.6 is 0 Å². The van der Waals surface area contributed by atoms with Crippen LogP contribution in [0.2, 0.25) is 0 Å². The third-order valence-electron chi connectivity index (χ3n) is 2.58. The van der Waals surface area contributed by atoms with E-state index in [1.165, 1.54) is 19.2 Å². The lowest BCUT2D eigenvalue weighted by molar-refractivity contribution is -0.384. The van der Waals surface area contributed by atoms with Gasteiger partial charge in [0, 0.05) is 18.7 Å². The molecule has 1 aromatic rings. The smallest absolute Gasteiger partial charge is 0.311 e. The Hall–Kier alpha value is -1.89. The molecule has 19 heavy (non-hydrogen) atoms. The summed E-state index contributed by atoms with van der Waals surface area (Å²) in [5.41, 5.74) is -0.0339. The van der Waals surface area contributed by atoms with E-state index in [0.717, 1.165) is 19.4 Å². The Labute approximate surface area is 112 Å². The number of nitrogens with zero attached hydrogens (tertiary/aromatic N) is 3. The first-order valence-corrected chi connectivity index (χ1v) is 6.12. The lowest BCUT2D eigenvalue weighted by Crippen LogP contribution is -2.14. The molecule has 0 saturated heterocycles. The van der Waals surface area contributed by atoms with Gasteiger partial charge in [0.2, 0.25) is 11.7 Å². The summed E-state index contributed by atoms with van der Waals surface area (Å²) < 4.78 is 4.97. The summed E-state index contributed by atoms with van der Waals surface area (Å²) >= 11 is 0. The van der Waals surface area contributed by atoms with Gasteiger partial charge in [-0.2, -0.15) is 4.98 Å². The number of aromatic nitrogens is 1. The molecular weight excluding hydrogens is 248 g/mol. The van der Waals surface area contributed by atoms with Crippen LogP contribution in [-0.4, -0.2) is 49.1 Å². The summed E-state index contributed by atoms with van der Waals surface area (Å²) in [4.78, 5) is 16.6. The highest BCUT2D eigenvalue weighted by molar-refractivity contribution is 5.56. The number of hydrogen-bond acceptors (Lipinski definition) is 6. The quantitative estimate of drug-likeness (QED) is 0.439. The van der Waals surface area contributed by atoms with E-state index in [-0.39, 0.29) is 11.5 Å². The van der Waals surface area contributed by atoms with E-state index >= 15 is 0 Å². The maximum atomic E-state index is 10.9. The van der Waals surface area contributed by atoms with E-state index in [1.807, 2.05) is 14.1 Å². The van der Waals surface area contributed by atoms with Gasteiger partial charge in [-0.15, -0.1) is 0 Å². The van der Waals surface area contributed by atoms with E-state index in [1.54, 1.807) is 0 Å². The second-order valence-electron chi connectivity index (χ2n) is 4.42. The molecule has 0 atom stereocenters. The molecule has 0 spiro atoms. The van der Waals surface area contributed by atoms with Crippen molar-refractivity contribution in [2.45, 2.75) is 12.8 Å². The molecule has 0 aliphatic carbocycles. The highest BCUT2D eigenvalue weighted by atomic mass is 16.6. The molecule has 0 amide bonds. The van der Waals surface area contributed by atoms with Crippen molar-refractivity contribution in [3.05, 3.63) is 22.2 Å². The molecule has 0 unspecified atom stereocenters. The topological polar surface area (TPSA) is 80.5 Å². The Morgan fingerprint density at radius 2 is 2.16 bits per heavy atom. The zero-order valence-electron chi connectivity index (χ0n) is 11.5. The Kier molecular flexibility index (Phi) is 6.01. The van der Waals surface area contributed by atoms with Crippen molar-refractivity contribution in [2.75, 3.05) is 39.6 Å². The van der Waals surface area contributed by atoms with Gasteiger partial charge in [-0.1, -0.05) is 0 Å². The SMILES string of the molecule is COc1ccc([N+](=O)[O-])c(NCCCCN(C)C)n1.